The quantitative estimate of drug-likeness (QED) is 0.251. The Bertz CT molecular complexity index is 1000. The van der Waals surface area contributed by atoms with Crippen molar-refractivity contribution in [1.82, 2.24) is 0 Å². The molecule has 0 atom stereocenters. The molecule has 0 saturated carbocycles. The number of hydrogen-bond acceptors (Lipinski definition) is 3. The van der Waals surface area contributed by atoms with E-state index in [2.05, 4.69) is 27.6 Å². The molecule has 144 valence electrons. The number of nitrogens with zero attached hydrogens (tertiary/aromatic N) is 1. The van der Waals surface area contributed by atoms with Gasteiger partial charge < -0.3 is 9.47 Å². The first-order valence-electron chi connectivity index (χ1n) is 8.51. The molecular formula is C22H18Cl2INO2. The van der Waals surface area contributed by atoms with Crippen molar-refractivity contribution in [3.8, 4) is 11.5 Å². The second-order valence-electron chi connectivity index (χ2n) is 6.14. The van der Waals surface area contributed by atoms with E-state index in [0.29, 0.717) is 28.2 Å². The van der Waals surface area contributed by atoms with Gasteiger partial charge in [0.1, 0.15) is 6.61 Å². The highest BCUT2D eigenvalue weighted by molar-refractivity contribution is 14.1. The first-order chi connectivity index (χ1) is 13.5. The SMILES string of the molecule is COc1cc(C=Nc2cc(Cl)ccc2C)cc(I)c1OCc1ccc(Cl)cc1. The van der Waals surface area contributed by atoms with E-state index in [0.717, 1.165) is 25.9 Å². The maximum atomic E-state index is 6.07. The molecule has 3 aromatic carbocycles. The number of hydrogen-bond donors (Lipinski definition) is 0. The van der Waals surface area contributed by atoms with Crippen molar-refractivity contribution in [2.45, 2.75) is 13.5 Å². The Labute approximate surface area is 188 Å². The van der Waals surface area contributed by atoms with Crippen LogP contribution < -0.4 is 9.47 Å². The molecule has 0 aliphatic heterocycles. The molecule has 0 aliphatic carbocycles. The Hall–Kier alpha value is -1.76. The van der Waals surface area contributed by atoms with Crippen LogP contribution in [0.1, 0.15) is 16.7 Å². The summed E-state index contributed by atoms with van der Waals surface area (Å²) in [5.41, 5.74) is 3.85. The predicted molar refractivity (Wildman–Crippen MR) is 125 cm³/mol. The van der Waals surface area contributed by atoms with E-state index in [-0.39, 0.29) is 0 Å². The molecule has 0 unspecified atom stereocenters. The summed E-state index contributed by atoms with van der Waals surface area (Å²) >= 11 is 14.2. The summed E-state index contributed by atoms with van der Waals surface area (Å²) in [6, 6.07) is 17.1. The van der Waals surface area contributed by atoms with Gasteiger partial charge in [-0.2, -0.15) is 0 Å². The molecule has 0 radical (unpaired) electrons. The highest BCUT2D eigenvalue weighted by atomic mass is 127. The number of aliphatic imine (C=N–C) groups is 1. The second-order valence-corrected chi connectivity index (χ2v) is 8.17. The summed E-state index contributed by atoms with van der Waals surface area (Å²) in [5.74, 6) is 1.36. The van der Waals surface area contributed by atoms with E-state index in [1.807, 2.05) is 61.5 Å². The molecule has 3 rings (SSSR count). The first-order valence-corrected chi connectivity index (χ1v) is 10.3. The third-order valence-electron chi connectivity index (χ3n) is 4.07. The Balaban J connectivity index is 1.81. The highest BCUT2D eigenvalue weighted by Gasteiger charge is 2.11. The molecule has 0 aromatic heterocycles. The number of methoxy groups -OCH3 is 1. The van der Waals surface area contributed by atoms with Crippen LogP contribution in [0.3, 0.4) is 0 Å². The molecule has 0 heterocycles. The fourth-order valence-electron chi connectivity index (χ4n) is 2.56. The molecule has 28 heavy (non-hydrogen) atoms. The summed E-state index contributed by atoms with van der Waals surface area (Å²) in [6.07, 6.45) is 1.80. The fraction of sp³-hybridized carbons (Fsp3) is 0.136. The van der Waals surface area contributed by atoms with Crippen molar-refractivity contribution in [3.05, 3.63) is 84.9 Å². The van der Waals surface area contributed by atoms with Gasteiger partial charge in [0.25, 0.3) is 0 Å². The van der Waals surface area contributed by atoms with Crippen LogP contribution in [0.25, 0.3) is 0 Å². The second kappa shape index (κ2) is 9.63. The summed E-state index contributed by atoms with van der Waals surface area (Å²) in [5, 5.41) is 1.37. The van der Waals surface area contributed by atoms with Crippen LogP contribution in [0.5, 0.6) is 11.5 Å². The zero-order valence-corrected chi connectivity index (χ0v) is 19.0. The van der Waals surface area contributed by atoms with Crippen molar-refractivity contribution in [3.63, 3.8) is 0 Å². The summed E-state index contributed by atoms with van der Waals surface area (Å²) in [4.78, 5) is 4.56. The fourth-order valence-corrected chi connectivity index (χ4v) is 3.63. The molecule has 0 spiro atoms. The molecule has 3 nitrogen and oxygen atoms in total. The molecule has 3 aromatic rings. The zero-order valence-electron chi connectivity index (χ0n) is 15.4. The number of rotatable bonds is 6. The van der Waals surface area contributed by atoms with Gasteiger partial charge in [0, 0.05) is 16.3 Å². The summed E-state index contributed by atoms with van der Waals surface area (Å²) in [7, 11) is 1.63. The lowest BCUT2D eigenvalue weighted by atomic mass is 10.2. The minimum absolute atomic E-state index is 0.429. The van der Waals surface area contributed by atoms with Crippen LogP contribution in [0, 0.1) is 10.5 Å². The predicted octanol–water partition coefficient (Wildman–Crippen LogP) is 7.24. The Morgan fingerprint density at radius 3 is 2.43 bits per heavy atom. The highest BCUT2D eigenvalue weighted by Crippen LogP contribution is 2.34. The van der Waals surface area contributed by atoms with Crippen LogP contribution in [0.15, 0.2) is 59.6 Å². The van der Waals surface area contributed by atoms with Gasteiger partial charge >= 0.3 is 0 Å². The van der Waals surface area contributed by atoms with Gasteiger partial charge in [0.2, 0.25) is 0 Å². The van der Waals surface area contributed by atoms with Crippen molar-refractivity contribution < 1.29 is 9.47 Å². The minimum atomic E-state index is 0.429. The van der Waals surface area contributed by atoms with Crippen molar-refractivity contribution in [1.29, 1.82) is 0 Å². The lowest BCUT2D eigenvalue weighted by Gasteiger charge is -2.13. The van der Waals surface area contributed by atoms with Gasteiger partial charge in [-0.3, -0.25) is 4.99 Å². The maximum absolute atomic E-state index is 6.07. The lowest BCUT2D eigenvalue weighted by molar-refractivity contribution is 0.282. The molecule has 0 bridgehead atoms. The molecule has 0 amide bonds. The normalized spacial score (nSPS) is 11.0. The van der Waals surface area contributed by atoms with Crippen LogP contribution >= 0.6 is 45.8 Å². The van der Waals surface area contributed by atoms with E-state index in [1.165, 1.54) is 0 Å². The maximum Gasteiger partial charge on any atom is 0.174 e. The third-order valence-corrected chi connectivity index (χ3v) is 5.36. The van der Waals surface area contributed by atoms with Gasteiger partial charge in [0.15, 0.2) is 11.5 Å². The van der Waals surface area contributed by atoms with Crippen molar-refractivity contribution in [2.75, 3.05) is 7.11 Å². The Morgan fingerprint density at radius 2 is 1.71 bits per heavy atom. The van der Waals surface area contributed by atoms with Crippen molar-refractivity contribution >= 4 is 57.7 Å². The van der Waals surface area contributed by atoms with E-state index < -0.39 is 0 Å². The van der Waals surface area contributed by atoms with Gasteiger partial charge in [-0.25, -0.2) is 0 Å². The van der Waals surface area contributed by atoms with E-state index in [1.54, 1.807) is 13.3 Å². The molecule has 0 fully saturated rings. The van der Waals surface area contributed by atoms with E-state index in [9.17, 15) is 0 Å². The molecule has 0 aliphatic rings. The standard InChI is InChI=1S/C22H18Cl2INO2/c1-14-3-6-18(24)11-20(14)26-12-16-9-19(25)22(21(10-16)27-2)28-13-15-4-7-17(23)8-5-15/h3-12H,13H2,1-2H3. The van der Waals surface area contributed by atoms with Crippen LogP contribution in [-0.4, -0.2) is 13.3 Å². The molecule has 0 saturated heterocycles. The first kappa shape index (κ1) is 21.0. The number of halogens is 3. The lowest BCUT2D eigenvalue weighted by Crippen LogP contribution is -2.00. The summed E-state index contributed by atoms with van der Waals surface area (Å²) < 4.78 is 12.5. The van der Waals surface area contributed by atoms with E-state index in [4.69, 9.17) is 32.7 Å². The third kappa shape index (κ3) is 5.40. The van der Waals surface area contributed by atoms with Gasteiger partial charge in [-0.05, 0) is 82.6 Å². The molecule has 0 N–H and O–H groups in total. The largest absolute Gasteiger partial charge is 0.493 e. The monoisotopic (exact) mass is 525 g/mol. The van der Waals surface area contributed by atoms with Gasteiger partial charge in [0.05, 0.1) is 16.4 Å². The Kier molecular flexibility index (Phi) is 7.21. The zero-order chi connectivity index (χ0) is 20.1. The Morgan fingerprint density at radius 1 is 1.00 bits per heavy atom. The minimum Gasteiger partial charge on any atom is -0.493 e. The topological polar surface area (TPSA) is 30.8 Å². The summed E-state index contributed by atoms with van der Waals surface area (Å²) in [6.45, 7) is 2.43. The molecular weight excluding hydrogens is 508 g/mol. The smallest absolute Gasteiger partial charge is 0.174 e. The van der Waals surface area contributed by atoms with Crippen LogP contribution in [0.4, 0.5) is 5.69 Å². The van der Waals surface area contributed by atoms with Crippen molar-refractivity contribution in [2.24, 2.45) is 4.99 Å². The van der Waals surface area contributed by atoms with Crippen LogP contribution in [0.2, 0.25) is 10.0 Å². The number of ether oxygens (including phenoxy) is 2. The number of aryl methyl sites for hydroxylation is 1. The molecule has 6 heteroatoms. The van der Waals surface area contributed by atoms with Gasteiger partial charge in [-0.15, -0.1) is 0 Å². The average Bonchev–Trinajstić information content (AvgIpc) is 2.68. The van der Waals surface area contributed by atoms with Crippen LogP contribution in [-0.2, 0) is 6.61 Å². The average molecular weight is 526 g/mol. The van der Waals surface area contributed by atoms with Gasteiger partial charge in [-0.1, -0.05) is 41.4 Å². The van der Waals surface area contributed by atoms with E-state index >= 15 is 0 Å². The number of benzene rings is 3.